The monoisotopic (exact) mass is 326 g/mol. The van der Waals surface area contributed by atoms with Crippen molar-refractivity contribution in [1.82, 2.24) is 10.3 Å². The Morgan fingerprint density at radius 2 is 2.05 bits per heavy atom. The van der Waals surface area contributed by atoms with Crippen molar-refractivity contribution in [2.24, 2.45) is 0 Å². The largest absolute Gasteiger partial charge is 0.439 e. The lowest BCUT2D eigenvalue weighted by atomic mass is 10.2. The number of aromatic nitrogens is 1. The van der Waals surface area contributed by atoms with Gasteiger partial charge < -0.3 is 10.1 Å². The van der Waals surface area contributed by atoms with Crippen molar-refractivity contribution in [2.45, 2.75) is 25.4 Å². The van der Waals surface area contributed by atoms with Crippen molar-refractivity contribution in [3.05, 3.63) is 51.9 Å². The maximum atomic E-state index is 13.4. The van der Waals surface area contributed by atoms with Gasteiger partial charge in [0.2, 0.25) is 5.88 Å². The molecule has 0 radical (unpaired) electrons. The topological polar surface area (TPSA) is 34.1 Å². The minimum Gasteiger partial charge on any atom is -0.439 e. The zero-order valence-corrected chi connectivity index (χ0v) is 12.6. The van der Waals surface area contributed by atoms with E-state index in [1.54, 1.807) is 18.2 Å². The van der Waals surface area contributed by atoms with Crippen LogP contribution in [0.4, 0.5) is 4.39 Å². The Labute approximate surface area is 132 Å². The maximum Gasteiger partial charge on any atom is 0.223 e. The molecule has 0 aliphatic heterocycles. The molecule has 1 aliphatic carbocycles. The first kappa shape index (κ1) is 14.6. The lowest BCUT2D eigenvalue weighted by Crippen LogP contribution is -2.16. The Kier molecular flexibility index (Phi) is 4.29. The Bertz CT molecular complexity index is 662. The molecule has 0 bridgehead atoms. The summed E-state index contributed by atoms with van der Waals surface area (Å²) >= 11 is 11.8. The maximum absolute atomic E-state index is 13.4. The average Bonchev–Trinajstić information content (AvgIpc) is 3.27. The highest BCUT2D eigenvalue weighted by atomic mass is 35.5. The van der Waals surface area contributed by atoms with E-state index in [1.807, 2.05) is 0 Å². The van der Waals surface area contributed by atoms with Gasteiger partial charge in [-0.25, -0.2) is 9.37 Å². The molecule has 110 valence electrons. The van der Waals surface area contributed by atoms with Crippen LogP contribution in [0, 0.1) is 5.82 Å². The van der Waals surface area contributed by atoms with Crippen LogP contribution in [0.15, 0.2) is 30.5 Å². The molecule has 0 spiro atoms. The molecule has 1 saturated carbocycles. The van der Waals surface area contributed by atoms with Crippen molar-refractivity contribution >= 4 is 23.2 Å². The summed E-state index contributed by atoms with van der Waals surface area (Å²) in [4.78, 5) is 4.01. The summed E-state index contributed by atoms with van der Waals surface area (Å²) in [7, 11) is 0. The number of hydrogen-bond donors (Lipinski definition) is 1. The predicted molar refractivity (Wildman–Crippen MR) is 80.6 cm³/mol. The first-order valence-electron chi connectivity index (χ1n) is 6.62. The van der Waals surface area contributed by atoms with E-state index in [0.717, 1.165) is 19.0 Å². The summed E-state index contributed by atoms with van der Waals surface area (Å²) in [5, 5.41) is 4.16. The molecule has 3 rings (SSSR count). The highest BCUT2D eigenvalue weighted by molar-refractivity contribution is 6.42. The first-order chi connectivity index (χ1) is 10.1. The van der Waals surface area contributed by atoms with Crippen molar-refractivity contribution in [1.29, 1.82) is 0 Å². The van der Waals surface area contributed by atoms with Gasteiger partial charge in [-0.05, 0) is 31.0 Å². The minimum atomic E-state index is -0.385. The fraction of sp³-hybridized carbons (Fsp3) is 0.267. The summed E-state index contributed by atoms with van der Waals surface area (Å²) in [6.07, 6.45) is 3.45. The van der Waals surface area contributed by atoms with Crippen LogP contribution in [-0.2, 0) is 6.54 Å². The molecule has 1 aromatic carbocycles. The van der Waals surface area contributed by atoms with E-state index in [9.17, 15) is 4.39 Å². The molecule has 0 saturated heterocycles. The van der Waals surface area contributed by atoms with Crippen molar-refractivity contribution in [2.75, 3.05) is 0 Å². The van der Waals surface area contributed by atoms with Gasteiger partial charge in [-0.3, -0.25) is 0 Å². The minimum absolute atomic E-state index is 0.364. The molecule has 1 heterocycles. The first-order valence-corrected chi connectivity index (χ1v) is 7.38. The van der Waals surface area contributed by atoms with Crippen LogP contribution in [0.2, 0.25) is 10.0 Å². The second-order valence-corrected chi connectivity index (χ2v) is 5.77. The number of halogens is 3. The zero-order chi connectivity index (χ0) is 14.8. The van der Waals surface area contributed by atoms with Gasteiger partial charge in [0.15, 0.2) is 0 Å². The third kappa shape index (κ3) is 3.84. The Hall–Kier alpha value is -1.36. The Balaban J connectivity index is 1.80. The summed E-state index contributed by atoms with van der Waals surface area (Å²) < 4.78 is 19.1. The van der Waals surface area contributed by atoms with Gasteiger partial charge in [-0.1, -0.05) is 23.2 Å². The number of benzene rings is 1. The number of nitrogens with one attached hydrogen (secondary N) is 1. The molecule has 0 unspecified atom stereocenters. The van der Waals surface area contributed by atoms with Gasteiger partial charge in [-0.15, -0.1) is 0 Å². The summed E-state index contributed by atoms with van der Waals surface area (Å²) in [5.74, 6) is 0.489. The average molecular weight is 327 g/mol. The predicted octanol–water partition coefficient (Wildman–Crippen LogP) is 4.57. The summed E-state index contributed by atoms with van der Waals surface area (Å²) in [6, 6.07) is 6.89. The van der Waals surface area contributed by atoms with Crippen LogP contribution in [0.3, 0.4) is 0 Å². The van der Waals surface area contributed by atoms with E-state index < -0.39 is 0 Å². The molecule has 0 atom stereocenters. The quantitative estimate of drug-likeness (QED) is 0.873. The van der Waals surface area contributed by atoms with Crippen LogP contribution in [0.1, 0.15) is 18.4 Å². The number of rotatable bonds is 5. The molecule has 1 aliphatic rings. The lowest BCUT2D eigenvalue weighted by Gasteiger charge is -2.11. The van der Waals surface area contributed by atoms with E-state index >= 15 is 0 Å². The normalized spacial score (nSPS) is 14.2. The molecule has 1 aromatic heterocycles. The number of ether oxygens (including phenoxy) is 1. The third-order valence-corrected chi connectivity index (χ3v) is 3.90. The second kappa shape index (κ2) is 6.18. The second-order valence-electron chi connectivity index (χ2n) is 4.95. The molecule has 21 heavy (non-hydrogen) atoms. The smallest absolute Gasteiger partial charge is 0.223 e. The van der Waals surface area contributed by atoms with Crippen LogP contribution in [0.5, 0.6) is 11.6 Å². The third-order valence-electron chi connectivity index (χ3n) is 3.16. The summed E-state index contributed by atoms with van der Waals surface area (Å²) in [5.41, 5.74) is 0.674. The van der Waals surface area contributed by atoms with Crippen molar-refractivity contribution < 1.29 is 9.13 Å². The van der Waals surface area contributed by atoms with Gasteiger partial charge in [0.1, 0.15) is 11.6 Å². The lowest BCUT2D eigenvalue weighted by molar-refractivity contribution is 0.448. The number of pyridine rings is 1. The fourth-order valence-corrected chi connectivity index (χ4v) is 2.17. The van der Waals surface area contributed by atoms with Gasteiger partial charge >= 0.3 is 0 Å². The van der Waals surface area contributed by atoms with Gasteiger partial charge in [0.05, 0.1) is 16.2 Å². The SMILES string of the molecule is Fc1cnc(Oc2ccc(Cl)c(Cl)c2)c(CNC2CC2)c1. The van der Waals surface area contributed by atoms with Gasteiger partial charge in [0, 0.05) is 24.2 Å². The summed E-state index contributed by atoms with van der Waals surface area (Å²) in [6.45, 7) is 0.520. The van der Waals surface area contributed by atoms with E-state index in [1.165, 1.54) is 6.07 Å². The highest BCUT2D eigenvalue weighted by Crippen LogP contribution is 2.30. The van der Waals surface area contributed by atoms with Crippen LogP contribution < -0.4 is 10.1 Å². The Morgan fingerprint density at radius 1 is 1.24 bits per heavy atom. The molecule has 6 heteroatoms. The fourth-order valence-electron chi connectivity index (χ4n) is 1.88. The standard InChI is InChI=1S/C15H13Cl2FN2O/c16-13-4-3-12(6-14(13)17)21-15-9(5-10(18)8-20-15)7-19-11-1-2-11/h3-6,8,11,19H,1-2,7H2. The van der Waals surface area contributed by atoms with Crippen LogP contribution in [0.25, 0.3) is 0 Å². The molecular formula is C15H13Cl2FN2O. The molecule has 2 aromatic rings. The molecule has 0 amide bonds. The number of hydrogen-bond acceptors (Lipinski definition) is 3. The van der Waals surface area contributed by atoms with E-state index in [2.05, 4.69) is 10.3 Å². The van der Waals surface area contributed by atoms with E-state index in [-0.39, 0.29) is 5.82 Å². The van der Waals surface area contributed by atoms with Gasteiger partial charge in [0.25, 0.3) is 0 Å². The van der Waals surface area contributed by atoms with Crippen LogP contribution in [-0.4, -0.2) is 11.0 Å². The van der Waals surface area contributed by atoms with E-state index in [0.29, 0.717) is 39.8 Å². The Morgan fingerprint density at radius 3 is 2.76 bits per heavy atom. The van der Waals surface area contributed by atoms with Crippen molar-refractivity contribution in [3.63, 3.8) is 0 Å². The van der Waals surface area contributed by atoms with Crippen molar-refractivity contribution in [3.8, 4) is 11.6 Å². The van der Waals surface area contributed by atoms with Crippen LogP contribution >= 0.6 is 23.2 Å². The van der Waals surface area contributed by atoms with Gasteiger partial charge in [-0.2, -0.15) is 0 Å². The number of nitrogens with zero attached hydrogens (tertiary/aromatic N) is 1. The highest BCUT2D eigenvalue weighted by Gasteiger charge is 2.21. The zero-order valence-electron chi connectivity index (χ0n) is 11.1. The molecular weight excluding hydrogens is 314 g/mol. The molecule has 1 N–H and O–H groups in total. The van der Waals surface area contributed by atoms with E-state index in [4.69, 9.17) is 27.9 Å². The molecule has 3 nitrogen and oxygen atoms in total. The molecule has 1 fully saturated rings.